The molecule has 0 aliphatic carbocycles. The van der Waals surface area contributed by atoms with Crippen LogP contribution in [0.3, 0.4) is 0 Å². The molecule has 1 rings (SSSR count). The molecule has 1 heterocycles. The van der Waals surface area contributed by atoms with Crippen LogP contribution < -0.4 is 11.1 Å². The highest BCUT2D eigenvalue weighted by atomic mass is 16.4. The van der Waals surface area contributed by atoms with E-state index in [4.69, 9.17) is 10.2 Å². The van der Waals surface area contributed by atoms with E-state index in [0.29, 0.717) is 6.54 Å². The van der Waals surface area contributed by atoms with E-state index in [-0.39, 0.29) is 5.76 Å². The van der Waals surface area contributed by atoms with Crippen molar-refractivity contribution < 1.29 is 9.21 Å². The lowest BCUT2D eigenvalue weighted by Crippen LogP contribution is -2.15. The minimum Gasteiger partial charge on any atom is -0.455 e. The van der Waals surface area contributed by atoms with E-state index in [1.807, 2.05) is 33.0 Å². The molecule has 0 aromatic carbocycles. The molecule has 1 aromatic heterocycles. The van der Waals surface area contributed by atoms with Crippen LogP contribution in [0.15, 0.2) is 10.5 Å². The van der Waals surface area contributed by atoms with Gasteiger partial charge in [-0.05, 0) is 14.0 Å². The molecule has 0 unspecified atom stereocenters. The zero-order valence-corrected chi connectivity index (χ0v) is 9.96. The Balaban J connectivity index is 3.35. The SMILES string of the molecule is C/C=C\c1c(CC)oc(C(N)=O)c1CNC. The van der Waals surface area contributed by atoms with Gasteiger partial charge < -0.3 is 15.5 Å². The molecule has 3 N–H and O–H groups in total. The minimum atomic E-state index is -0.518. The molecule has 0 bridgehead atoms. The summed E-state index contributed by atoms with van der Waals surface area (Å²) in [4.78, 5) is 11.3. The van der Waals surface area contributed by atoms with Gasteiger partial charge >= 0.3 is 0 Å². The molecule has 16 heavy (non-hydrogen) atoms. The molecular formula is C12H18N2O2. The van der Waals surface area contributed by atoms with E-state index < -0.39 is 5.91 Å². The van der Waals surface area contributed by atoms with Crippen molar-refractivity contribution in [2.24, 2.45) is 5.73 Å². The van der Waals surface area contributed by atoms with E-state index in [1.165, 1.54) is 0 Å². The van der Waals surface area contributed by atoms with Crippen LogP contribution in [-0.4, -0.2) is 13.0 Å². The van der Waals surface area contributed by atoms with Crippen molar-refractivity contribution in [2.75, 3.05) is 7.05 Å². The Morgan fingerprint density at radius 2 is 2.25 bits per heavy atom. The van der Waals surface area contributed by atoms with E-state index in [1.54, 1.807) is 0 Å². The summed E-state index contributed by atoms with van der Waals surface area (Å²) in [5.74, 6) is 0.548. The van der Waals surface area contributed by atoms with Crippen molar-refractivity contribution in [1.82, 2.24) is 5.32 Å². The number of carbonyl (C=O) groups excluding carboxylic acids is 1. The van der Waals surface area contributed by atoms with Crippen molar-refractivity contribution in [1.29, 1.82) is 0 Å². The molecule has 0 saturated carbocycles. The summed E-state index contributed by atoms with van der Waals surface area (Å²) in [6, 6.07) is 0. The molecule has 4 heteroatoms. The highest BCUT2D eigenvalue weighted by Crippen LogP contribution is 2.24. The number of aryl methyl sites for hydroxylation is 1. The van der Waals surface area contributed by atoms with Gasteiger partial charge in [0.1, 0.15) is 5.76 Å². The van der Waals surface area contributed by atoms with Crippen LogP contribution in [0.2, 0.25) is 0 Å². The van der Waals surface area contributed by atoms with Crippen LogP contribution in [0, 0.1) is 0 Å². The van der Waals surface area contributed by atoms with Gasteiger partial charge in [0.2, 0.25) is 0 Å². The molecule has 1 aromatic rings. The lowest BCUT2D eigenvalue weighted by atomic mass is 10.1. The maximum atomic E-state index is 11.3. The summed E-state index contributed by atoms with van der Waals surface area (Å²) < 4.78 is 5.50. The van der Waals surface area contributed by atoms with Gasteiger partial charge in [-0.15, -0.1) is 0 Å². The van der Waals surface area contributed by atoms with E-state index >= 15 is 0 Å². The van der Waals surface area contributed by atoms with Crippen molar-refractivity contribution in [3.8, 4) is 0 Å². The molecule has 1 amide bonds. The van der Waals surface area contributed by atoms with Crippen LogP contribution in [0.25, 0.3) is 6.08 Å². The Morgan fingerprint density at radius 1 is 1.56 bits per heavy atom. The predicted molar refractivity (Wildman–Crippen MR) is 64.1 cm³/mol. The maximum Gasteiger partial charge on any atom is 0.284 e. The molecule has 0 saturated heterocycles. The fraction of sp³-hybridized carbons (Fsp3) is 0.417. The molecule has 0 aliphatic rings. The van der Waals surface area contributed by atoms with E-state index in [9.17, 15) is 4.79 Å². The lowest BCUT2D eigenvalue weighted by molar-refractivity contribution is 0.0971. The summed E-state index contributed by atoms with van der Waals surface area (Å²) in [6.07, 6.45) is 4.61. The first-order valence-corrected chi connectivity index (χ1v) is 5.37. The zero-order valence-electron chi connectivity index (χ0n) is 9.96. The van der Waals surface area contributed by atoms with Crippen LogP contribution in [0.4, 0.5) is 0 Å². The second-order valence-electron chi connectivity index (χ2n) is 3.49. The van der Waals surface area contributed by atoms with Gasteiger partial charge in [0.15, 0.2) is 5.76 Å². The van der Waals surface area contributed by atoms with Crippen LogP contribution in [0.5, 0.6) is 0 Å². The third-order valence-corrected chi connectivity index (χ3v) is 2.36. The molecule has 0 fully saturated rings. The van der Waals surface area contributed by atoms with E-state index in [2.05, 4.69) is 5.32 Å². The highest BCUT2D eigenvalue weighted by Gasteiger charge is 2.20. The first-order valence-electron chi connectivity index (χ1n) is 5.37. The third-order valence-electron chi connectivity index (χ3n) is 2.36. The van der Waals surface area contributed by atoms with Gasteiger partial charge in [-0.3, -0.25) is 4.79 Å². The van der Waals surface area contributed by atoms with Crippen molar-refractivity contribution in [2.45, 2.75) is 26.8 Å². The van der Waals surface area contributed by atoms with Gasteiger partial charge in [-0.1, -0.05) is 19.1 Å². The largest absolute Gasteiger partial charge is 0.455 e. The van der Waals surface area contributed by atoms with Gasteiger partial charge in [0, 0.05) is 24.1 Å². The number of amides is 1. The molecule has 0 spiro atoms. The monoisotopic (exact) mass is 222 g/mol. The first kappa shape index (κ1) is 12.5. The van der Waals surface area contributed by atoms with Gasteiger partial charge in [0.05, 0.1) is 0 Å². The van der Waals surface area contributed by atoms with Crippen LogP contribution >= 0.6 is 0 Å². The van der Waals surface area contributed by atoms with Gasteiger partial charge in [0.25, 0.3) is 5.91 Å². The Kier molecular flexibility index (Phi) is 4.31. The third kappa shape index (κ3) is 2.33. The standard InChI is InChI=1S/C12H18N2O2/c1-4-6-8-9(7-14-3)11(12(13)15)16-10(8)5-2/h4,6,14H,5,7H2,1-3H3,(H2,13,15)/b6-4-. The fourth-order valence-corrected chi connectivity index (χ4v) is 1.70. The number of allylic oxidation sites excluding steroid dienone is 1. The summed E-state index contributed by atoms with van der Waals surface area (Å²) in [5, 5.41) is 3.01. The average molecular weight is 222 g/mol. The number of rotatable bonds is 5. The van der Waals surface area contributed by atoms with Crippen LogP contribution in [-0.2, 0) is 13.0 Å². The Hall–Kier alpha value is -1.55. The Labute approximate surface area is 95.5 Å². The lowest BCUT2D eigenvalue weighted by Gasteiger charge is -2.00. The average Bonchev–Trinajstić information content (AvgIpc) is 2.59. The van der Waals surface area contributed by atoms with Crippen molar-refractivity contribution >= 4 is 12.0 Å². The number of nitrogens with one attached hydrogen (secondary N) is 1. The molecule has 0 atom stereocenters. The summed E-state index contributed by atoms with van der Waals surface area (Å²) >= 11 is 0. The smallest absolute Gasteiger partial charge is 0.284 e. The summed E-state index contributed by atoms with van der Waals surface area (Å²) in [6.45, 7) is 4.49. The van der Waals surface area contributed by atoms with Crippen LogP contribution in [0.1, 0.15) is 41.3 Å². The predicted octanol–water partition coefficient (Wildman–Crippen LogP) is 1.69. The minimum absolute atomic E-state index is 0.263. The summed E-state index contributed by atoms with van der Waals surface area (Å²) in [7, 11) is 1.82. The van der Waals surface area contributed by atoms with Crippen molar-refractivity contribution in [3.63, 3.8) is 0 Å². The Bertz CT molecular complexity index is 405. The summed E-state index contributed by atoms with van der Waals surface area (Å²) in [5.41, 5.74) is 7.10. The fourth-order valence-electron chi connectivity index (χ4n) is 1.70. The maximum absolute atomic E-state index is 11.3. The number of hydrogen-bond donors (Lipinski definition) is 2. The van der Waals surface area contributed by atoms with E-state index in [0.717, 1.165) is 23.3 Å². The van der Waals surface area contributed by atoms with Gasteiger partial charge in [-0.2, -0.15) is 0 Å². The molecule has 0 radical (unpaired) electrons. The molecular weight excluding hydrogens is 204 g/mol. The topological polar surface area (TPSA) is 68.3 Å². The number of hydrogen-bond acceptors (Lipinski definition) is 3. The normalized spacial score (nSPS) is 11.2. The van der Waals surface area contributed by atoms with Crippen molar-refractivity contribution in [3.05, 3.63) is 28.7 Å². The first-order chi connectivity index (χ1) is 7.65. The number of primary amides is 1. The van der Waals surface area contributed by atoms with Gasteiger partial charge in [-0.25, -0.2) is 0 Å². The number of furan rings is 1. The molecule has 0 aliphatic heterocycles. The molecule has 4 nitrogen and oxygen atoms in total. The molecule has 88 valence electrons. The Morgan fingerprint density at radius 3 is 2.69 bits per heavy atom. The quantitative estimate of drug-likeness (QED) is 0.796. The second-order valence-corrected chi connectivity index (χ2v) is 3.49. The highest BCUT2D eigenvalue weighted by molar-refractivity contribution is 5.92. The zero-order chi connectivity index (χ0) is 12.1. The number of nitrogens with two attached hydrogens (primary N) is 1. The number of carbonyl (C=O) groups is 1. The second kappa shape index (κ2) is 5.51.